The van der Waals surface area contributed by atoms with Gasteiger partial charge in [0.25, 0.3) is 10.1 Å². The molecule has 4 aromatic carbocycles. The van der Waals surface area contributed by atoms with Gasteiger partial charge in [-0.3, -0.25) is 14.1 Å². The van der Waals surface area contributed by atoms with Gasteiger partial charge in [0, 0.05) is 22.5 Å². The van der Waals surface area contributed by atoms with E-state index in [0.717, 1.165) is 0 Å². The van der Waals surface area contributed by atoms with Crippen LogP contribution in [0.2, 0.25) is 0 Å². The molecule has 9 heteroatoms. The molecule has 0 fully saturated rings. The number of phenols is 1. The van der Waals surface area contributed by atoms with E-state index in [1.165, 1.54) is 36.4 Å². The summed E-state index contributed by atoms with van der Waals surface area (Å²) < 4.78 is 32.4. The molecule has 0 aliphatic heterocycles. The zero-order valence-corrected chi connectivity index (χ0v) is 18.8. The monoisotopic (exact) mass is 486 g/mol. The number of hydrogen-bond acceptors (Lipinski definition) is 7. The molecule has 35 heavy (non-hydrogen) atoms. The Morgan fingerprint density at radius 1 is 0.629 bits per heavy atom. The second-order valence-electron chi connectivity index (χ2n) is 7.89. The van der Waals surface area contributed by atoms with Gasteiger partial charge in [0.15, 0.2) is 17.3 Å². The summed E-state index contributed by atoms with van der Waals surface area (Å²) in [7, 11) is -4.45. The van der Waals surface area contributed by atoms with Crippen molar-refractivity contribution in [3.05, 3.63) is 107 Å². The third kappa shape index (κ3) is 4.03. The highest BCUT2D eigenvalue weighted by atomic mass is 32.2. The van der Waals surface area contributed by atoms with Crippen LogP contribution in [0.4, 0.5) is 22.7 Å². The lowest BCUT2D eigenvalue weighted by Crippen LogP contribution is -2.22. The van der Waals surface area contributed by atoms with E-state index in [1.54, 1.807) is 42.5 Å². The van der Waals surface area contributed by atoms with Crippen molar-refractivity contribution in [2.24, 2.45) is 0 Å². The van der Waals surface area contributed by atoms with Gasteiger partial charge < -0.3 is 15.7 Å². The minimum Gasteiger partial charge on any atom is -0.505 e. The normalized spacial score (nSPS) is 12.6. The van der Waals surface area contributed by atoms with Crippen LogP contribution in [-0.4, -0.2) is 29.6 Å². The van der Waals surface area contributed by atoms with Crippen LogP contribution < -0.4 is 10.6 Å². The predicted molar refractivity (Wildman–Crippen MR) is 131 cm³/mol. The van der Waals surface area contributed by atoms with E-state index in [0.29, 0.717) is 5.69 Å². The number of benzene rings is 4. The fourth-order valence-electron chi connectivity index (χ4n) is 4.04. The smallest absolute Gasteiger partial charge is 0.294 e. The van der Waals surface area contributed by atoms with Crippen molar-refractivity contribution in [1.29, 1.82) is 0 Å². The second-order valence-corrected chi connectivity index (χ2v) is 9.31. The van der Waals surface area contributed by atoms with Crippen molar-refractivity contribution in [3.8, 4) is 5.75 Å². The first-order chi connectivity index (χ1) is 16.7. The zero-order valence-electron chi connectivity index (χ0n) is 18.0. The molecule has 4 aromatic rings. The Kier molecular flexibility index (Phi) is 5.35. The fraction of sp³-hybridized carbons (Fsp3) is 0. The number of anilines is 4. The zero-order chi connectivity index (χ0) is 24.7. The third-order valence-corrected chi connectivity index (χ3v) is 6.48. The van der Waals surface area contributed by atoms with E-state index in [4.69, 9.17) is 0 Å². The van der Waals surface area contributed by atoms with E-state index in [9.17, 15) is 27.7 Å². The van der Waals surface area contributed by atoms with Crippen LogP contribution in [0.1, 0.15) is 31.8 Å². The van der Waals surface area contributed by atoms with Crippen molar-refractivity contribution in [2.45, 2.75) is 4.90 Å². The Labute approximate surface area is 200 Å². The molecule has 0 heterocycles. The highest BCUT2D eigenvalue weighted by Gasteiger charge is 2.35. The molecular formula is C26H18N2O6S. The number of hydrogen-bond donors (Lipinski definition) is 4. The van der Waals surface area contributed by atoms with E-state index in [-0.39, 0.29) is 44.2 Å². The highest BCUT2D eigenvalue weighted by Crippen LogP contribution is 2.43. The standard InChI is InChI=1S/C26H18N2O6S/c29-24-18-11-4-5-12-19(18)25(30)23-22(24)20(27-15-7-2-1-3-8-15)14-21(26(23)31)28-16-9-6-10-17(13-16)35(32,33)34/h1-14,27-28,31H,(H,32,33,34). The van der Waals surface area contributed by atoms with Gasteiger partial charge in [-0.15, -0.1) is 0 Å². The average Bonchev–Trinajstić information content (AvgIpc) is 2.84. The lowest BCUT2D eigenvalue weighted by Gasteiger charge is -2.24. The summed E-state index contributed by atoms with van der Waals surface area (Å²) in [5.74, 6) is -1.38. The predicted octanol–water partition coefficient (Wildman–Crippen LogP) is 4.90. The van der Waals surface area contributed by atoms with Crippen molar-refractivity contribution in [1.82, 2.24) is 0 Å². The summed E-state index contributed by atoms with van der Waals surface area (Å²) in [4.78, 5) is 26.5. The molecule has 0 saturated heterocycles. The summed E-state index contributed by atoms with van der Waals surface area (Å²) in [6, 6.07) is 22.2. The molecule has 0 bridgehead atoms. The molecule has 0 unspecified atom stereocenters. The molecule has 0 aromatic heterocycles. The van der Waals surface area contributed by atoms with Crippen LogP contribution in [0.5, 0.6) is 5.75 Å². The van der Waals surface area contributed by atoms with Gasteiger partial charge in [0.1, 0.15) is 0 Å². The summed E-state index contributed by atoms with van der Waals surface area (Å²) in [6.07, 6.45) is 0. The molecule has 174 valence electrons. The molecule has 1 aliphatic rings. The quantitative estimate of drug-likeness (QED) is 0.157. The van der Waals surface area contributed by atoms with Crippen molar-refractivity contribution in [2.75, 3.05) is 10.6 Å². The minimum absolute atomic E-state index is 0.0345. The first kappa shape index (κ1) is 22.3. The van der Waals surface area contributed by atoms with E-state index < -0.39 is 27.4 Å². The van der Waals surface area contributed by atoms with Gasteiger partial charge in [-0.2, -0.15) is 8.42 Å². The van der Waals surface area contributed by atoms with Crippen LogP contribution in [0, 0.1) is 0 Å². The third-order valence-electron chi connectivity index (χ3n) is 5.63. The van der Waals surface area contributed by atoms with Crippen LogP contribution in [0.25, 0.3) is 0 Å². The molecule has 0 saturated carbocycles. The van der Waals surface area contributed by atoms with Crippen LogP contribution >= 0.6 is 0 Å². The summed E-state index contributed by atoms with van der Waals surface area (Å²) in [5, 5.41) is 17.1. The summed E-state index contributed by atoms with van der Waals surface area (Å²) in [6.45, 7) is 0. The summed E-state index contributed by atoms with van der Waals surface area (Å²) in [5.41, 5.74) is 1.52. The molecule has 8 nitrogen and oxygen atoms in total. The molecule has 0 radical (unpaired) electrons. The number of ketones is 2. The van der Waals surface area contributed by atoms with E-state index in [1.807, 2.05) is 6.07 Å². The fourth-order valence-corrected chi connectivity index (χ4v) is 4.57. The van der Waals surface area contributed by atoms with Gasteiger partial charge in [-0.05, 0) is 36.4 Å². The van der Waals surface area contributed by atoms with Gasteiger partial charge >= 0.3 is 0 Å². The van der Waals surface area contributed by atoms with Gasteiger partial charge in [-0.25, -0.2) is 0 Å². The maximum Gasteiger partial charge on any atom is 0.294 e. The molecular weight excluding hydrogens is 468 g/mol. The van der Waals surface area contributed by atoms with Crippen LogP contribution in [0.3, 0.4) is 0 Å². The van der Waals surface area contributed by atoms with Crippen LogP contribution in [-0.2, 0) is 10.1 Å². The minimum atomic E-state index is -4.45. The number of phenolic OH excluding ortho intramolecular Hbond substituents is 1. The molecule has 0 atom stereocenters. The highest BCUT2D eigenvalue weighted by molar-refractivity contribution is 7.85. The Morgan fingerprint density at radius 3 is 1.86 bits per heavy atom. The first-order valence-electron chi connectivity index (χ1n) is 10.5. The largest absolute Gasteiger partial charge is 0.505 e. The number of carbonyl (C=O) groups is 2. The molecule has 0 spiro atoms. The average molecular weight is 487 g/mol. The molecule has 0 amide bonds. The van der Waals surface area contributed by atoms with E-state index in [2.05, 4.69) is 10.6 Å². The Morgan fingerprint density at radius 2 is 1.20 bits per heavy atom. The van der Waals surface area contributed by atoms with E-state index >= 15 is 0 Å². The maximum atomic E-state index is 13.4. The van der Waals surface area contributed by atoms with Crippen molar-refractivity contribution in [3.63, 3.8) is 0 Å². The lowest BCUT2D eigenvalue weighted by atomic mass is 9.82. The number of aromatic hydroxyl groups is 1. The number of nitrogens with one attached hydrogen (secondary N) is 2. The number of rotatable bonds is 5. The van der Waals surface area contributed by atoms with Crippen LogP contribution in [0.15, 0.2) is 89.8 Å². The van der Waals surface area contributed by atoms with Gasteiger partial charge in [0.2, 0.25) is 0 Å². The SMILES string of the molecule is O=C1c2ccccc2C(=O)c2c(O)c(Nc3cccc(S(=O)(=O)O)c3)cc(Nc3ccccc3)c21. The second kappa shape index (κ2) is 8.39. The number of fused-ring (bicyclic) bond motifs is 2. The van der Waals surface area contributed by atoms with Crippen molar-refractivity contribution >= 4 is 44.4 Å². The van der Waals surface area contributed by atoms with Crippen molar-refractivity contribution < 1.29 is 27.7 Å². The first-order valence-corrected chi connectivity index (χ1v) is 11.9. The Hall–Kier alpha value is -4.47. The molecule has 5 rings (SSSR count). The Balaban J connectivity index is 1.69. The molecule has 1 aliphatic carbocycles. The lowest BCUT2D eigenvalue weighted by molar-refractivity contribution is 0.0977. The Bertz CT molecular complexity index is 1610. The number of carbonyl (C=O) groups excluding carboxylic acids is 2. The topological polar surface area (TPSA) is 133 Å². The maximum absolute atomic E-state index is 13.4. The molecule has 4 N–H and O–H groups in total. The summed E-state index contributed by atoms with van der Waals surface area (Å²) >= 11 is 0. The van der Waals surface area contributed by atoms with Gasteiger partial charge in [-0.1, -0.05) is 48.5 Å². The van der Waals surface area contributed by atoms with Gasteiger partial charge in [0.05, 0.1) is 27.4 Å². The number of para-hydroxylation sites is 1.